The quantitative estimate of drug-likeness (QED) is 0.861. The van der Waals surface area contributed by atoms with Gasteiger partial charge in [0.05, 0.1) is 6.04 Å². The minimum Gasteiger partial charge on any atom is -0.383 e. The van der Waals surface area contributed by atoms with Crippen LogP contribution in [0.25, 0.3) is 0 Å². The van der Waals surface area contributed by atoms with Crippen LogP contribution in [0.1, 0.15) is 36.6 Å². The lowest BCUT2D eigenvalue weighted by atomic mass is 9.95. The molecule has 0 saturated heterocycles. The van der Waals surface area contributed by atoms with E-state index in [0.29, 0.717) is 5.82 Å². The van der Waals surface area contributed by atoms with Gasteiger partial charge in [0.2, 0.25) is 0 Å². The molecular formula is C15H20N4. The minimum absolute atomic E-state index is 0.0663. The zero-order valence-electron chi connectivity index (χ0n) is 11.4. The van der Waals surface area contributed by atoms with E-state index >= 15 is 0 Å². The van der Waals surface area contributed by atoms with Gasteiger partial charge in [-0.3, -0.25) is 4.98 Å². The van der Waals surface area contributed by atoms with Gasteiger partial charge in [-0.15, -0.1) is 0 Å². The lowest BCUT2D eigenvalue weighted by molar-refractivity contribution is 0.624. The molecule has 2 aromatic heterocycles. The molecule has 100 valence electrons. The number of pyridine rings is 2. The number of rotatable bonds is 5. The Morgan fingerprint density at radius 1 is 1.21 bits per heavy atom. The van der Waals surface area contributed by atoms with Gasteiger partial charge in [-0.1, -0.05) is 19.9 Å². The molecule has 2 heterocycles. The largest absolute Gasteiger partial charge is 0.383 e. The fourth-order valence-electron chi connectivity index (χ4n) is 2.28. The van der Waals surface area contributed by atoms with Crippen LogP contribution in [-0.4, -0.2) is 16.5 Å². The van der Waals surface area contributed by atoms with Crippen molar-refractivity contribution in [3.63, 3.8) is 0 Å². The number of nitrogens with two attached hydrogens (primary N) is 1. The Balaban J connectivity index is 2.49. The van der Waals surface area contributed by atoms with Gasteiger partial charge in [0.15, 0.2) is 0 Å². The SMILES string of the molecule is CCNC(c1ccncc1CC)c1cccnc1N. The predicted octanol–water partition coefficient (Wildman–Crippen LogP) is 2.32. The molecular weight excluding hydrogens is 236 g/mol. The van der Waals surface area contributed by atoms with Crippen LogP contribution < -0.4 is 11.1 Å². The van der Waals surface area contributed by atoms with E-state index in [4.69, 9.17) is 5.73 Å². The molecule has 3 N–H and O–H groups in total. The third-order valence-electron chi connectivity index (χ3n) is 3.22. The third kappa shape index (κ3) is 2.90. The maximum Gasteiger partial charge on any atom is 0.128 e. The second-order valence-electron chi connectivity index (χ2n) is 4.40. The summed E-state index contributed by atoms with van der Waals surface area (Å²) in [7, 11) is 0. The molecule has 4 heteroatoms. The van der Waals surface area contributed by atoms with E-state index in [1.807, 2.05) is 24.5 Å². The lowest BCUT2D eigenvalue weighted by Crippen LogP contribution is -2.24. The Bertz CT molecular complexity index is 539. The predicted molar refractivity (Wildman–Crippen MR) is 77.8 cm³/mol. The summed E-state index contributed by atoms with van der Waals surface area (Å²) in [6, 6.07) is 6.06. The van der Waals surface area contributed by atoms with E-state index in [9.17, 15) is 0 Å². The Kier molecular flexibility index (Phi) is 4.47. The van der Waals surface area contributed by atoms with Gasteiger partial charge >= 0.3 is 0 Å². The van der Waals surface area contributed by atoms with Crippen molar-refractivity contribution in [2.45, 2.75) is 26.3 Å². The topological polar surface area (TPSA) is 63.8 Å². The van der Waals surface area contributed by atoms with Crippen molar-refractivity contribution < 1.29 is 0 Å². The molecule has 0 aliphatic heterocycles. The number of anilines is 1. The summed E-state index contributed by atoms with van der Waals surface area (Å²) < 4.78 is 0. The first-order chi connectivity index (χ1) is 9.27. The Hall–Kier alpha value is -1.94. The summed E-state index contributed by atoms with van der Waals surface area (Å²) in [4.78, 5) is 8.39. The molecule has 2 aromatic rings. The molecule has 19 heavy (non-hydrogen) atoms. The summed E-state index contributed by atoms with van der Waals surface area (Å²) in [5.74, 6) is 0.576. The van der Waals surface area contributed by atoms with Crippen LogP contribution in [0, 0.1) is 0 Å². The van der Waals surface area contributed by atoms with Crippen molar-refractivity contribution in [3.05, 3.63) is 53.5 Å². The van der Waals surface area contributed by atoms with Crippen LogP contribution in [0.5, 0.6) is 0 Å². The maximum absolute atomic E-state index is 6.01. The molecule has 0 saturated carbocycles. The van der Waals surface area contributed by atoms with Crippen molar-refractivity contribution in [1.29, 1.82) is 0 Å². The fraction of sp³-hybridized carbons (Fsp3) is 0.333. The first-order valence-electron chi connectivity index (χ1n) is 6.64. The standard InChI is InChI=1S/C15H20N4/c1-3-11-10-17-9-7-12(11)14(18-4-2)13-6-5-8-19-15(13)16/h5-10,14,18H,3-4H2,1-2H3,(H2,16,19). The van der Waals surface area contributed by atoms with Gasteiger partial charge in [-0.2, -0.15) is 0 Å². The molecule has 0 fully saturated rings. The van der Waals surface area contributed by atoms with Gasteiger partial charge < -0.3 is 11.1 Å². The zero-order chi connectivity index (χ0) is 13.7. The van der Waals surface area contributed by atoms with E-state index in [-0.39, 0.29) is 6.04 Å². The van der Waals surface area contributed by atoms with E-state index < -0.39 is 0 Å². The molecule has 1 atom stereocenters. The van der Waals surface area contributed by atoms with E-state index in [2.05, 4.69) is 35.2 Å². The molecule has 0 amide bonds. The monoisotopic (exact) mass is 256 g/mol. The number of nitrogens with zero attached hydrogens (tertiary/aromatic N) is 2. The molecule has 0 radical (unpaired) electrons. The summed E-state index contributed by atoms with van der Waals surface area (Å²) in [5, 5.41) is 3.48. The second-order valence-corrected chi connectivity index (χ2v) is 4.40. The molecule has 0 aromatic carbocycles. The first-order valence-corrected chi connectivity index (χ1v) is 6.64. The molecule has 0 aliphatic rings. The molecule has 2 rings (SSSR count). The summed E-state index contributed by atoms with van der Waals surface area (Å²) in [5.41, 5.74) is 9.49. The Labute approximate surface area is 114 Å². The van der Waals surface area contributed by atoms with Gasteiger partial charge in [-0.05, 0) is 36.2 Å². The number of nitrogen functional groups attached to an aromatic ring is 1. The van der Waals surface area contributed by atoms with Crippen molar-refractivity contribution in [2.75, 3.05) is 12.3 Å². The maximum atomic E-state index is 6.01. The van der Waals surface area contributed by atoms with Crippen LogP contribution in [0.2, 0.25) is 0 Å². The third-order valence-corrected chi connectivity index (χ3v) is 3.22. The fourth-order valence-corrected chi connectivity index (χ4v) is 2.28. The highest BCUT2D eigenvalue weighted by Gasteiger charge is 2.18. The molecule has 0 spiro atoms. The van der Waals surface area contributed by atoms with Crippen LogP contribution in [0.3, 0.4) is 0 Å². The van der Waals surface area contributed by atoms with Crippen LogP contribution in [0.15, 0.2) is 36.8 Å². The highest BCUT2D eigenvalue weighted by atomic mass is 14.9. The van der Waals surface area contributed by atoms with E-state index in [1.54, 1.807) is 6.20 Å². The minimum atomic E-state index is 0.0663. The van der Waals surface area contributed by atoms with Gasteiger partial charge in [0.25, 0.3) is 0 Å². The second kappa shape index (κ2) is 6.29. The smallest absolute Gasteiger partial charge is 0.128 e. The molecule has 0 bridgehead atoms. The van der Waals surface area contributed by atoms with Gasteiger partial charge in [-0.25, -0.2) is 4.98 Å². The van der Waals surface area contributed by atoms with Crippen molar-refractivity contribution in [2.24, 2.45) is 0 Å². The summed E-state index contributed by atoms with van der Waals surface area (Å²) in [6.45, 7) is 5.09. The molecule has 0 aliphatic carbocycles. The average Bonchev–Trinajstić information content (AvgIpc) is 2.46. The van der Waals surface area contributed by atoms with E-state index in [0.717, 1.165) is 18.5 Å². The van der Waals surface area contributed by atoms with Crippen molar-refractivity contribution in [3.8, 4) is 0 Å². The van der Waals surface area contributed by atoms with Gasteiger partial charge in [0.1, 0.15) is 5.82 Å². The average molecular weight is 256 g/mol. The number of aromatic nitrogens is 2. The normalized spacial score (nSPS) is 12.3. The summed E-state index contributed by atoms with van der Waals surface area (Å²) >= 11 is 0. The highest BCUT2D eigenvalue weighted by molar-refractivity contribution is 5.46. The zero-order valence-corrected chi connectivity index (χ0v) is 11.4. The van der Waals surface area contributed by atoms with E-state index in [1.165, 1.54) is 11.1 Å². The van der Waals surface area contributed by atoms with Crippen molar-refractivity contribution >= 4 is 5.82 Å². The number of aryl methyl sites for hydroxylation is 1. The van der Waals surface area contributed by atoms with Crippen molar-refractivity contribution in [1.82, 2.24) is 15.3 Å². The number of hydrogen-bond donors (Lipinski definition) is 2. The van der Waals surface area contributed by atoms with Crippen LogP contribution >= 0.6 is 0 Å². The van der Waals surface area contributed by atoms with Crippen LogP contribution in [0.4, 0.5) is 5.82 Å². The lowest BCUT2D eigenvalue weighted by Gasteiger charge is -2.22. The summed E-state index contributed by atoms with van der Waals surface area (Å²) in [6.07, 6.45) is 6.41. The van der Waals surface area contributed by atoms with Gasteiger partial charge in [0, 0.05) is 24.2 Å². The number of hydrogen-bond acceptors (Lipinski definition) is 4. The first kappa shape index (κ1) is 13.5. The van der Waals surface area contributed by atoms with Crippen LogP contribution in [-0.2, 0) is 6.42 Å². The Morgan fingerprint density at radius 2 is 2.05 bits per heavy atom. The molecule has 4 nitrogen and oxygen atoms in total. The highest BCUT2D eigenvalue weighted by Crippen LogP contribution is 2.27. The Morgan fingerprint density at radius 3 is 2.74 bits per heavy atom. The number of nitrogens with one attached hydrogen (secondary N) is 1. The molecule has 1 unspecified atom stereocenters.